The smallest absolute Gasteiger partial charge is 0.333 e. The van der Waals surface area contributed by atoms with Crippen LogP contribution in [0.3, 0.4) is 0 Å². The fraction of sp³-hybridized carbons (Fsp3) is 0.667. The number of hydrogen-bond acceptors (Lipinski definition) is 19. The van der Waals surface area contributed by atoms with Crippen LogP contribution in [0.15, 0.2) is 24.3 Å². The average molecular weight is 667 g/mol. The summed E-state index contributed by atoms with van der Waals surface area (Å²) in [6.45, 7) is -2.27. The number of ether oxygens (including phenoxy) is 6. The Morgan fingerprint density at radius 3 is 1.80 bits per heavy atom. The van der Waals surface area contributed by atoms with Crippen molar-refractivity contribution < 1.29 is 94.5 Å². The number of aromatic hydroxyl groups is 2. The molecule has 1 aromatic carbocycles. The Morgan fingerprint density at radius 1 is 0.674 bits per heavy atom. The third-order valence-electron chi connectivity index (χ3n) is 7.70. The highest BCUT2D eigenvalue weighted by Gasteiger charge is 2.52. The maximum absolute atomic E-state index is 12.8. The van der Waals surface area contributed by atoms with Gasteiger partial charge in [0.2, 0.25) is 6.29 Å². The summed E-state index contributed by atoms with van der Waals surface area (Å²) in [6.07, 6.45) is -24.3. The van der Waals surface area contributed by atoms with E-state index in [0.29, 0.717) is 0 Å². The zero-order valence-electron chi connectivity index (χ0n) is 23.9. The van der Waals surface area contributed by atoms with Crippen molar-refractivity contribution in [1.82, 2.24) is 0 Å². The van der Waals surface area contributed by atoms with Gasteiger partial charge in [-0.15, -0.1) is 0 Å². The molecule has 1 aromatic rings. The van der Waals surface area contributed by atoms with E-state index >= 15 is 0 Å². The van der Waals surface area contributed by atoms with Crippen LogP contribution in [0.25, 0.3) is 6.08 Å². The van der Waals surface area contributed by atoms with Crippen LogP contribution < -0.4 is 0 Å². The van der Waals surface area contributed by atoms with Crippen molar-refractivity contribution in [2.24, 2.45) is 0 Å². The molecule has 19 nitrogen and oxygen atoms in total. The largest absolute Gasteiger partial charge is 0.504 e. The Labute approximate surface area is 260 Å². The lowest BCUT2D eigenvalue weighted by atomic mass is 9.97. The number of hydrogen-bond donors (Lipinski definition) is 12. The van der Waals surface area contributed by atoms with Gasteiger partial charge in [-0.1, -0.05) is 6.07 Å². The van der Waals surface area contributed by atoms with Gasteiger partial charge in [0, 0.05) is 6.08 Å². The van der Waals surface area contributed by atoms with E-state index in [1.807, 2.05) is 0 Å². The fourth-order valence-corrected chi connectivity index (χ4v) is 4.97. The van der Waals surface area contributed by atoms with Crippen LogP contribution in [0, 0.1) is 0 Å². The number of carbonyl (C=O) groups is 1. The van der Waals surface area contributed by atoms with Crippen molar-refractivity contribution in [1.29, 1.82) is 0 Å². The maximum Gasteiger partial charge on any atom is 0.333 e. The summed E-state index contributed by atoms with van der Waals surface area (Å²) >= 11 is 0. The highest BCUT2D eigenvalue weighted by atomic mass is 16.8. The van der Waals surface area contributed by atoms with Gasteiger partial charge in [0.05, 0.1) is 19.8 Å². The number of benzene rings is 1. The molecule has 3 aliphatic rings. The fourth-order valence-electron chi connectivity index (χ4n) is 4.97. The number of carbonyl (C=O) groups excluding carboxylic acids is 1. The quantitative estimate of drug-likeness (QED) is 0.0628. The highest BCUT2D eigenvalue weighted by molar-refractivity contribution is 5.87. The van der Waals surface area contributed by atoms with Gasteiger partial charge < -0.3 is 89.7 Å². The lowest BCUT2D eigenvalue weighted by molar-refractivity contribution is -0.367. The van der Waals surface area contributed by atoms with Crippen molar-refractivity contribution in [3.8, 4) is 11.5 Å². The van der Waals surface area contributed by atoms with Gasteiger partial charge in [-0.3, -0.25) is 0 Å². The molecule has 0 radical (unpaired) electrons. The Morgan fingerprint density at radius 2 is 1.22 bits per heavy atom. The Bertz CT molecular complexity index is 1180. The number of phenols is 2. The predicted octanol–water partition coefficient (Wildman–Crippen LogP) is -5.90. The SMILES string of the molecule is O=C(/C=C/c1ccc(O)c(O)c1)O[C@H]1O[C@@H](CO[C@H]2O[C@@H](CO)[C@H](O)[C@@H](O)[C@@H]2O)[C@H](O)[C@@H](O)[C@@H]1O[C@H]1O[C@@H](CO)[C@H](O)[C@@H](O)[C@@H]1O. The monoisotopic (exact) mass is 666 g/mol. The molecule has 3 saturated heterocycles. The molecule has 0 unspecified atom stereocenters. The lowest BCUT2D eigenvalue weighted by Crippen LogP contribution is -2.65. The predicted molar refractivity (Wildman–Crippen MR) is 144 cm³/mol. The van der Waals surface area contributed by atoms with Crippen molar-refractivity contribution in [2.75, 3.05) is 19.8 Å². The first kappa shape index (κ1) is 36.3. The number of rotatable bonds is 10. The second kappa shape index (κ2) is 15.6. The molecule has 0 bridgehead atoms. The van der Waals surface area contributed by atoms with Crippen LogP contribution in [-0.2, 0) is 33.2 Å². The van der Waals surface area contributed by atoms with E-state index in [4.69, 9.17) is 28.4 Å². The number of aliphatic hydroxyl groups excluding tert-OH is 10. The van der Waals surface area contributed by atoms with Gasteiger partial charge in [-0.2, -0.15) is 0 Å². The number of phenolic OH excluding ortho intramolecular Hbond substituents is 2. The molecule has 0 aromatic heterocycles. The van der Waals surface area contributed by atoms with Gasteiger partial charge in [-0.25, -0.2) is 4.79 Å². The minimum Gasteiger partial charge on any atom is -0.504 e. The lowest BCUT2D eigenvalue weighted by Gasteiger charge is -2.46. The summed E-state index contributed by atoms with van der Waals surface area (Å²) in [4.78, 5) is 12.8. The first-order chi connectivity index (χ1) is 21.8. The second-order valence-electron chi connectivity index (χ2n) is 10.9. The summed E-state index contributed by atoms with van der Waals surface area (Å²) in [7, 11) is 0. The van der Waals surface area contributed by atoms with Crippen LogP contribution in [0.4, 0.5) is 0 Å². The third kappa shape index (κ3) is 7.93. The molecule has 3 fully saturated rings. The Hall–Kier alpha value is -2.57. The molecule has 3 aliphatic heterocycles. The zero-order valence-corrected chi connectivity index (χ0v) is 23.9. The van der Waals surface area contributed by atoms with Gasteiger partial charge in [0.25, 0.3) is 0 Å². The van der Waals surface area contributed by atoms with E-state index in [1.54, 1.807) is 0 Å². The van der Waals surface area contributed by atoms with Crippen LogP contribution in [-0.4, -0.2) is 179 Å². The van der Waals surface area contributed by atoms with E-state index in [1.165, 1.54) is 12.1 Å². The summed E-state index contributed by atoms with van der Waals surface area (Å²) in [5, 5.41) is 121. The van der Waals surface area contributed by atoms with Gasteiger partial charge in [0.1, 0.15) is 67.1 Å². The molecule has 0 amide bonds. The molecule has 12 N–H and O–H groups in total. The Kier molecular flexibility index (Phi) is 12.3. The van der Waals surface area contributed by atoms with Crippen molar-refractivity contribution in [3.05, 3.63) is 29.8 Å². The van der Waals surface area contributed by atoms with Crippen LogP contribution >= 0.6 is 0 Å². The first-order valence-electron chi connectivity index (χ1n) is 14.1. The molecule has 19 heteroatoms. The molecule has 15 atom stereocenters. The molecular formula is C27H38O19. The van der Waals surface area contributed by atoms with Crippen molar-refractivity contribution in [2.45, 2.75) is 92.1 Å². The molecule has 0 saturated carbocycles. The summed E-state index contributed by atoms with van der Waals surface area (Å²) in [5.74, 6) is -2.01. The molecular weight excluding hydrogens is 628 g/mol. The first-order valence-corrected chi connectivity index (χ1v) is 14.1. The average Bonchev–Trinajstić information content (AvgIpc) is 3.03. The second-order valence-corrected chi connectivity index (χ2v) is 10.9. The van der Waals surface area contributed by atoms with E-state index in [9.17, 15) is 66.1 Å². The van der Waals surface area contributed by atoms with Crippen LogP contribution in [0.1, 0.15) is 5.56 Å². The Balaban J connectivity index is 1.52. The molecule has 4 rings (SSSR count). The highest BCUT2D eigenvalue weighted by Crippen LogP contribution is 2.31. The summed E-state index contributed by atoms with van der Waals surface area (Å²) in [5.41, 5.74) is 0.257. The maximum atomic E-state index is 12.8. The van der Waals surface area contributed by atoms with Crippen molar-refractivity contribution in [3.63, 3.8) is 0 Å². The van der Waals surface area contributed by atoms with Crippen LogP contribution in [0.2, 0.25) is 0 Å². The van der Waals surface area contributed by atoms with Gasteiger partial charge in [0.15, 0.2) is 30.2 Å². The summed E-state index contributed by atoms with van der Waals surface area (Å²) in [6, 6.07) is 3.65. The van der Waals surface area contributed by atoms with E-state index < -0.39 is 129 Å². The van der Waals surface area contributed by atoms with Crippen LogP contribution in [0.5, 0.6) is 11.5 Å². The van der Waals surface area contributed by atoms with Crippen molar-refractivity contribution >= 4 is 12.0 Å². The van der Waals surface area contributed by atoms with Gasteiger partial charge >= 0.3 is 5.97 Å². The van der Waals surface area contributed by atoms with E-state index in [0.717, 1.165) is 18.2 Å². The number of aliphatic hydroxyl groups is 10. The standard InChI is InChI=1S/C27H38O19/c28-6-12-16(33)19(36)22(39)25(42-12)41-8-14-18(35)21(38)24(46-26-23(40)20(37)17(34)13(7-29)43-26)27(44-14)45-15(32)4-2-9-1-3-10(30)11(31)5-9/h1-5,12-14,16-31,33-40H,6-8H2/b4-2+/t12-,13-,14-,16-,17-,18-,19+,20+,21+,22-,23-,24-,25-,26+,27+/m0/s1. The molecule has 0 aliphatic carbocycles. The molecule has 3 heterocycles. The minimum absolute atomic E-state index is 0.257. The third-order valence-corrected chi connectivity index (χ3v) is 7.70. The zero-order chi connectivity index (χ0) is 33.9. The normalized spacial score (nSPS) is 41.8. The molecule has 0 spiro atoms. The van der Waals surface area contributed by atoms with E-state index in [2.05, 4.69) is 0 Å². The summed E-state index contributed by atoms with van der Waals surface area (Å²) < 4.78 is 32.4. The van der Waals surface area contributed by atoms with Gasteiger partial charge in [-0.05, 0) is 23.8 Å². The molecule has 46 heavy (non-hydrogen) atoms. The minimum atomic E-state index is -2.00. The topological polar surface area (TPSA) is 315 Å². The number of esters is 1. The van der Waals surface area contributed by atoms with E-state index in [-0.39, 0.29) is 5.56 Å². The molecule has 260 valence electrons.